The van der Waals surface area contributed by atoms with Crippen LogP contribution in [0.4, 0.5) is 0 Å². The van der Waals surface area contributed by atoms with E-state index in [-0.39, 0.29) is 29.6 Å². The summed E-state index contributed by atoms with van der Waals surface area (Å²) in [4.78, 5) is 40.8. The number of benzene rings is 3. The average molecular weight is 507 g/mol. The molecule has 5 atom stereocenters. The Balaban J connectivity index is 1.11. The number of rotatable bonds is 4. The lowest BCUT2D eigenvalue weighted by molar-refractivity contribution is -0.227. The second-order valence-corrected chi connectivity index (χ2v) is 11.5. The summed E-state index contributed by atoms with van der Waals surface area (Å²) in [7, 11) is 0. The molecule has 5 unspecified atom stereocenters. The SMILES string of the molecule is O=C(OC12CC3CC1C(C(=O)Oc1ccccc1)(C3)C(=O)O2)C1CC2c3ccccc3C1c1ccccc12. The fraction of sp³-hybridized carbons (Fsp3) is 0.344. The number of carbonyl (C=O) groups excluding carboxylic acids is 3. The fourth-order valence-electron chi connectivity index (χ4n) is 8.30. The number of para-hydroxylation sites is 1. The third-order valence-corrected chi connectivity index (χ3v) is 9.71. The van der Waals surface area contributed by atoms with Crippen LogP contribution in [0.5, 0.6) is 5.75 Å². The highest BCUT2D eigenvalue weighted by Crippen LogP contribution is 2.68. The maximum Gasteiger partial charge on any atom is 0.329 e. The number of fused-ring (bicyclic) bond motifs is 2. The summed E-state index contributed by atoms with van der Waals surface area (Å²) in [6.45, 7) is 0. The quantitative estimate of drug-likeness (QED) is 0.278. The molecule has 1 heterocycles. The molecular formula is C32H26O6. The van der Waals surface area contributed by atoms with Crippen molar-refractivity contribution in [3.63, 3.8) is 0 Å². The maximum absolute atomic E-state index is 14.0. The Bertz CT molecular complexity index is 1470. The van der Waals surface area contributed by atoms with Gasteiger partial charge in [0.05, 0.1) is 11.8 Å². The minimum Gasteiger partial charge on any atom is -0.426 e. The van der Waals surface area contributed by atoms with Crippen molar-refractivity contribution >= 4 is 17.9 Å². The van der Waals surface area contributed by atoms with Crippen LogP contribution in [0.1, 0.15) is 59.8 Å². The van der Waals surface area contributed by atoms with E-state index in [2.05, 4.69) is 36.4 Å². The Labute approximate surface area is 219 Å². The second kappa shape index (κ2) is 7.56. The molecule has 5 aliphatic carbocycles. The Morgan fingerprint density at radius 2 is 1.42 bits per heavy atom. The summed E-state index contributed by atoms with van der Waals surface area (Å²) >= 11 is 0. The zero-order valence-corrected chi connectivity index (χ0v) is 20.7. The third kappa shape index (κ3) is 2.75. The number of carbonyl (C=O) groups is 3. The maximum atomic E-state index is 14.0. The van der Waals surface area contributed by atoms with Gasteiger partial charge in [-0.25, -0.2) is 0 Å². The van der Waals surface area contributed by atoms with E-state index in [1.165, 1.54) is 22.3 Å². The van der Waals surface area contributed by atoms with Gasteiger partial charge in [-0.1, -0.05) is 66.7 Å². The van der Waals surface area contributed by atoms with E-state index in [0.717, 1.165) is 0 Å². The third-order valence-electron chi connectivity index (χ3n) is 9.71. The van der Waals surface area contributed by atoms with Crippen molar-refractivity contribution in [3.05, 3.63) is 101 Å². The Hall–Kier alpha value is -3.93. The van der Waals surface area contributed by atoms with Crippen molar-refractivity contribution in [2.24, 2.45) is 23.2 Å². The van der Waals surface area contributed by atoms with Gasteiger partial charge in [-0.15, -0.1) is 0 Å². The van der Waals surface area contributed by atoms with Gasteiger partial charge in [0.25, 0.3) is 5.79 Å². The molecule has 0 amide bonds. The molecule has 3 aromatic carbocycles. The van der Waals surface area contributed by atoms with Crippen LogP contribution in [-0.4, -0.2) is 23.7 Å². The lowest BCUT2D eigenvalue weighted by atomic mass is 9.59. The zero-order valence-electron chi connectivity index (χ0n) is 20.7. The summed E-state index contributed by atoms with van der Waals surface area (Å²) < 4.78 is 17.8. The van der Waals surface area contributed by atoms with Gasteiger partial charge < -0.3 is 14.2 Å². The number of hydrogen-bond donors (Lipinski definition) is 0. The molecule has 6 heteroatoms. The second-order valence-electron chi connectivity index (χ2n) is 11.5. The van der Waals surface area contributed by atoms with E-state index in [4.69, 9.17) is 14.2 Å². The number of hydrogen-bond acceptors (Lipinski definition) is 6. The predicted octanol–water partition coefficient (Wildman–Crippen LogP) is 5.10. The molecule has 2 saturated carbocycles. The van der Waals surface area contributed by atoms with Crippen molar-refractivity contribution in [1.82, 2.24) is 0 Å². The molecule has 1 saturated heterocycles. The van der Waals surface area contributed by atoms with Crippen molar-refractivity contribution in [1.29, 1.82) is 0 Å². The molecule has 1 aliphatic heterocycles. The Morgan fingerprint density at radius 3 is 2.08 bits per heavy atom. The van der Waals surface area contributed by atoms with Crippen molar-refractivity contribution in [3.8, 4) is 5.75 Å². The van der Waals surface area contributed by atoms with Gasteiger partial charge in [0.15, 0.2) is 5.41 Å². The average Bonchev–Trinajstić information content (AvgIpc) is 3.53. The number of ether oxygens (including phenoxy) is 3. The largest absolute Gasteiger partial charge is 0.426 e. The zero-order chi connectivity index (χ0) is 25.6. The topological polar surface area (TPSA) is 78.9 Å². The summed E-state index contributed by atoms with van der Waals surface area (Å²) in [5.74, 6) is -3.46. The molecule has 0 radical (unpaired) electrons. The highest BCUT2D eigenvalue weighted by atomic mass is 16.7. The lowest BCUT2D eigenvalue weighted by Gasteiger charge is -2.45. The predicted molar refractivity (Wildman–Crippen MR) is 135 cm³/mol. The first-order valence-electron chi connectivity index (χ1n) is 13.4. The van der Waals surface area contributed by atoms with Gasteiger partial charge in [0.2, 0.25) is 0 Å². The van der Waals surface area contributed by atoms with Gasteiger partial charge >= 0.3 is 17.9 Å². The van der Waals surface area contributed by atoms with Crippen LogP contribution in [0.15, 0.2) is 78.9 Å². The highest BCUT2D eigenvalue weighted by Gasteiger charge is 2.79. The van der Waals surface area contributed by atoms with Crippen LogP contribution in [-0.2, 0) is 23.9 Å². The van der Waals surface area contributed by atoms with Crippen molar-refractivity contribution in [2.75, 3.05) is 0 Å². The molecule has 0 aromatic heterocycles. The summed E-state index contributed by atoms with van der Waals surface area (Å²) in [5, 5.41) is 0. The number of esters is 3. The van der Waals surface area contributed by atoms with E-state index in [1.54, 1.807) is 24.3 Å². The molecule has 6 nitrogen and oxygen atoms in total. The van der Waals surface area contributed by atoms with E-state index in [0.29, 0.717) is 31.4 Å². The van der Waals surface area contributed by atoms with Gasteiger partial charge in [-0.3, -0.25) is 14.4 Å². The van der Waals surface area contributed by atoms with Crippen LogP contribution >= 0.6 is 0 Å². The minimum atomic E-state index is -1.43. The molecule has 3 fully saturated rings. The van der Waals surface area contributed by atoms with E-state index < -0.39 is 29.1 Å². The normalized spacial score (nSPS) is 34.8. The molecule has 0 N–H and O–H groups in total. The van der Waals surface area contributed by atoms with E-state index in [9.17, 15) is 14.4 Å². The molecule has 4 bridgehead atoms. The molecule has 38 heavy (non-hydrogen) atoms. The summed E-state index contributed by atoms with van der Waals surface area (Å²) in [6.07, 6.45) is 2.06. The smallest absolute Gasteiger partial charge is 0.329 e. The van der Waals surface area contributed by atoms with Crippen LogP contribution in [0.3, 0.4) is 0 Å². The first-order valence-corrected chi connectivity index (χ1v) is 13.4. The molecule has 3 aromatic rings. The Morgan fingerprint density at radius 1 is 0.789 bits per heavy atom. The molecule has 6 aliphatic rings. The van der Waals surface area contributed by atoms with Gasteiger partial charge in [0.1, 0.15) is 5.75 Å². The molecular weight excluding hydrogens is 480 g/mol. The molecule has 9 rings (SSSR count). The molecule has 190 valence electrons. The first-order chi connectivity index (χ1) is 18.5. The fourth-order valence-corrected chi connectivity index (χ4v) is 8.30. The highest BCUT2D eigenvalue weighted by molar-refractivity contribution is 6.04. The summed E-state index contributed by atoms with van der Waals surface area (Å²) in [5.41, 5.74) is 3.45. The van der Waals surface area contributed by atoms with Crippen LogP contribution in [0.25, 0.3) is 0 Å². The lowest BCUT2D eigenvalue weighted by Crippen LogP contribution is -2.49. The van der Waals surface area contributed by atoms with E-state index in [1.807, 2.05) is 18.2 Å². The van der Waals surface area contributed by atoms with Crippen molar-refractivity contribution < 1.29 is 28.6 Å². The van der Waals surface area contributed by atoms with Crippen LogP contribution in [0.2, 0.25) is 0 Å². The minimum absolute atomic E-state index is 0.0619. The Kier molecular flexibility index (Phi) is 4.40. The van der Waals surface area contributed by atoms with Gasteiger partial charge in [-0.05, 0) is 59.6 Å². The standard InChI is InChI=1S/C32H26O6/c33-28(25-15-24-20-10-4-6-12-22(20)27(25)23-13-7-5-11-21(23)24)37-32-17-18-14-26(32)31(16-18,30(35)38-32)29(34)36-19-8-2-1-3-9-19/h1-13,18,24-27H,14-17H2. The monoisotopic (exact) mass is 506 g/mol. The van der Waals surface area contributed by atoms with Crippen LogP contribution in [0, 0.1) is 23.2 Å². The first kappa shape index (κ1) is 22.1. The summed E-state index contributed by atoms with van der Waals surface area (Å²) in [6, 6.07) is 25.4. The van der Waals surface area contributed by atoms with Crippen molar-refractivity contribution in [2.45, 2.75) is 43.3 Å². The van der Waals surface area contributed by atoms with Gasteiger partial charge in [-0.2, -0.15) is 0 Å². The van der Waals surface area contributed by atoms with Gasteiger partial charge in [0, 0.05) is 18.3 Å². The van der Waals surface area contributed by atoms with Crippen LogP contribution < -0.4 is 4.74 Å². The molecule has 0 spiro atoms. The van der Waals surface area contributed by atoms with E-state index >= 15 is 0 Å².